The van der Waals surface area contributed by atoms with Gasteiger partial charge in [0.1, 0.15) is 17.9 Å². The van der Waals surface area contributed by atoms with Gasteiger partial charge in [-0.1, -0.05) is 64.5 Å². The first-order chi connectivity index (χ1) is 21.6. The lowest BCUT2D eigenvalue weighted by Crippen LogP contribution is -2.20. The molecule has 0 radical (unpaired) electrons. The van der Waals surface area contributed by atoms with Gasteiger partial charge in [-0.15, -0.1) is 0 Å². The highest BCUT2D eigenvalue weighted by Gasteiger charge is 2.18. The zero-order valence-corrected chi connectivity index (χ0v) is 24.7. The summed E-state index contributed by atoms with van der Waals surface area (Å²) in [6.45, 7) is 0.509. The molecule has 9 heteroatoms. The lowest BCUT2D eigenvalue weighted by atomic mass is 10.0. The number of furan rings is 1. The largest absolute Gasteiger partial charge is 0.488 e. The Labute approximate surface area is 258 Å². The Balaban J connectivity index is 1.25. The monoisotopic (exact) mass is 643 g/mol. The van der Waals surface area contributed by atoms with Crippen LogP contribution in [0.1, 0.15) is 11.1 Å². The highest BCUT2D eigenvalue weighted by atomic mass is 79.9. The highest BCUT2D eigenvalue weighted by Crippen LogP contribution is 2.34. The third-order valence-electron chi connectivity index (χ3n) is 7.52. The van der Waals surface area contributed by atoms with Gasteiger partial charge in [0.15, 0.2) is 17.3 Å². The van der Waals surface area contributed by atoms with Crippen molar-refractivity contribution in [2.75, 3.05) is 6.79 Å². The molecule has 8 nitrogen and oxygen atoms in total. The zero-order chi connectivity index (χ0) is 29.6. The number of ether oxygens (including phenoxy) is 3. The molecule has 0 amide bonds. The van der Waals surface area contributed by atoms with Crippen LogP contribution < -0.4 is 19.8 Å². The topological polar surface area (TPSA) is 88.1 Å². The first kappa shape index (κ1) is 26.2. The van der Waals surface area contributed by atoms with Crippen LogP contribution in [0.3, 0.4) is 0 Å². The first-order valence-corrected chi connectivity index (χ1v) is 14.7. The molecular weight excluding hydrogens is 622 g/mol. The van der Waals surface area contributed by atoms with Crippen LogP contribution >= 0.6 is 15.9 Å². The number of benzene rings is 5. The Bertz CT molecular complexity index is 2320. The van der Waals surface area contributed by atoms with Gasteiger partial charge < -0.3 is 18.6 Å². The molecule has 0 atom stereocenters. The van der Waals surface area contributed by atoms with Crippen molar-refractivity contribution in [1.29, 1.82) is 0 Å². The number of fused-ring (bicyclic) bond motifs is 4. The Kier molecular flexibility index (Phi) is 6.38. The summed E-state index contributed by atoms with van der Waals surface area (Å²) in [5, 5.41) is 8.00. The number of rotatable bonds is 6. The van der Waals surface area contributed by atoms with E-state index in [0.717, 1.165) is 37.5 Å². The molecule has 5 aromatic carbocycles. The molecule has 0 unspecified atom stereocenters. The van der Waals surface area contributed by atoms with Crippen LogP contribution in [-0.4, -0.2) is 22.7 Å². The summed E-state index contributed by atoms with van der Waals surface area (Å²) in [4.78, 5) is 18.7. The molecule has 44 heavy (non-hydrogen) atoms. The fourth-order valence-electron chi connectivity index (χ4n) is 5.36. The van der Waals surface area contributed by atoms with Crippen molar-refractivity contribution in [3.05, 3.63) is 129 Å². The Morgan fingerprint density at radius 3 is 2.64 bits per heavy atom. The maximum absolute atomic E-state index is 13.9. The van der Waals surface area contributed by atoms with Gasteiger partial charge >= 0.3 is 0 Å². The number of para-hydroxylation sites is 1. The summed E-state index contributed by atoms with van der Waals surface area (Å²) in [7, 11) is 0. The van der Waals surface area contributed by atoms with E-state index >= 15 is 0 Å². The molecule has 3 heterocycles. The minimum atomic E-state index is -0.313. The Hall–Kier alpha value is -5.41. The van der Waals surface area contributed by atoms with Gasteiger partial charge in [-0.05, 0) is 70.9 Å². The van der Waals surface area contributed by atoms with Crippen LogP contribution in [0.15, 0.2) is 122 Å². The van der Waals surface area contributed by atoms with Crippen molar-refractivity contribution in [2.45, 2.75) is 6.61 Å². The number of nitrogens with zero attached hydrogens (tertiary/aromatic N) is 3. The third-order valence-corrected chi connectivity index (χ3v) is 8.01. The standard InChI is InChI=1S/C35H22BrN3O5/c36-24-11-14-29-23(16-24)17-33(44-29)34-38-28-8-4-3-7-26(28)35(40)39(34)37-18-27-25-6-2-1-5-22(25)10-13-30(27)41-19-21-9-12-31-32(15-21)43-20-42-31/h1-18H,19-20H2. The predicted octanol–water partition coefficient (Wildman–Crippen LogP) is 7.92. The van der Waals surface area contributed by atoms with Crippen molar-refractivity contribution in [2.24, 2.45) is 5.10 Å². The number of aromatic nitrogens is 2. The number of hydrogen-bond acceptors (Lipinski definition) is 7. The second-order valence-corrected chi connectivity index (χ2v) is 11.2. The van der Waals surface area contributed by atoms with E-state index in [4.69, 9.17) is 28.7 Å². The maximum Gasteiger partial charge on any atom is 0.282 e. The van der Waals surface area contributed by atoms with Gasteiger partial charge in [-0.3, -0.25) is 4.79 Å². The molecule has 0 saturated carbocycles. The molecule has 0 N–H and O–H groups in total. The molecule has 214 valence electrons. The molecular formula is C35H22BrN3O5. The van der Waals surface area contributed by atoms with E-state index in [-0.39, 0.29) is 12.4 Å². The molecule has 2 aromatic heterocycles. The van der Waals surface area contributed by atoms with E-state index < -0.39 is 0 Å². The molecule has 0 saturated heterocycles. The highest BCUT2D eigenvalue weighted by molar-refractivity contribution is 9.10. The third kappa shape index (κ3) is 4.67. The fraction of sp³-hybridized carbons (Fsp3) is 0.0571. The smallest absolute Gasteiger partial charge is 0.282 e. The van der Waals surface area contributed by atoms with E-state index in [1.165, 1.54) is 4.68 Å². The van der Waals surface area contributed by atoms with E-state index in [1.807, 2.05) is 91.0 Å². The lowest BCUT2D eigenvalue weighted by Gasteiger charge is -2.13. The van der Waals surface area contributed by atoms with Gasteiger partial charge in [-0.2, -0.15) is 9.78 Å². The molecule has 0 bridgehead atoms. The Morgan fingerprint density at radius 2 is 1.70 bits per heavy atom. The molecule has 0 spiro atoms. The van der Waals surface area contributed by atoms with E-state index in [0.29, 0.717) is 46.2 Å². The molecule has 1 aliphatic heterocycles. The average Bonchev–Trinajstić information content (AvgIpc) is 3.70. The van der Waals surface area contributed by atoms with Gasteiger partial charge in [-0.25, -0.2) is 4.98 Å². The quantitative estimate of drug-likeness (QED) is 0.171. The van der Waals surface area contributed by atoms with Gasteiger partial charge in [0.25, 0.3) is 5.56 Å². The first-order valence-electron chi connectivity index (χ1n) is 13.9. The summed E-state index contributed by atoms with van der Waals surface area (Å²) in [5.41, 5.74) is 2.57. The van der Waals surface area contributed by atoms with E-state index in [2.05, 4.69) is 15.9 Å². The number of hydrogen-bond donors (Lipinski definition) is 0. The van der Waals surface area contributed by atoms with Crippen molar-refractivity contribution in [3.8, 4) is 28.8 Å². The van der Waals surface area contributed by atoms with Gasteiger partial charge in [0.2, 0.25) is 12.6 Å². The summed E-state index contributed by atoms with van der Waals surface area (Å²) in [6, 6.07) is 32.4. The molecule has 0 fully saturated rings. The van der Waals surface area contributed by atoms with Crippen LogP contribution in [0.25, 0.3) is 44.2 Å². The lowest BCUT2D eigenvalue weighted by molar-refractivity contribution is 0.174. The second kappa shape index (κ2) is 10.7. The van der Waals surface area contributed by atoms with Gasteiger partial charge in [0.05, 0.1) is 17.1 Å². The van der Waals surface area contributed by atoms with Crippen LogP contribution in [0.5, 0.6) is 17.2 Å². The second-order valence-electron chi connectivity index (χ2n) is 10.3. The Morgan fingerprint density at radius 1 is 0.864 bits per heavy atom. The summed E-state index contributed by atoms with van der Waals surface area (Å²) < 4.78 is 25.7. The van der Waals surface area contributed by atoms with Crippen molar-refractivity contribution in [1.82, 2.24) is 9.66 Å². The molecule has 8 rings (SSSR count). The zero-order valence-electron chi connectivity index (χ0n) is 23.1. The van der Waals surface area contributed by atoms with Crippen molar-refractivity contribution < 1.29 is 18.6 Å². The summed E-state index contributed by atoms with van der Waals surface area (Å²) >= 11 is 3.51. The summed E-state index contributed by atoms with van der Waals surface area (Å²) in [5.74, 6) is 2.74. The molecule has 7 aromatic rings. The summed E-state index contributed by atoms with van der Waals surface area (Å²) in [6.07, 6.45) is 1.65. The van der Waals surface area contributed by atoms with E-state index in [1.54, 1.807) is 18.3 Å². The maximum atomic E-state index is 13.9. The van der Waals surface area contributed by atoms with Crippen molar-refractivity contribution >= 4 is 54.8 Å². The average molecular weight is 644 g/mol. The minimum Gasteiger partial charge on any atom is -0.488 e. The van der Waals surface area contributed by atoms with E-state index in [9.17, 15) is 4.79 Å². The molecule has 0 aliphatic carbocycles. The van der Waals surface area contributed by atoms with Crippen LogP contribution in [0.2, 0.25) is 0 Å². The SMILES string of the molecule is O=c1c2ccccc2nc(-c2cc3cc(Br)ccc3o2)n1N=Cc1c(OCc2ccc3c(c2)OCO3)ccc2ccccc12. The fourth-order valence-corrected chi connectivity index (χ4v) is 5.74. The van der Waals surface area contributed by atoms with Crippen LogP contribution in [-0.2, 0) is 6.61 Å². The molecule has 1 aliphatic rings. The minimum absolute atomic E-state index is 0.210. The van der Waals surface area contributed by atoms with Crippen molar-refractivity contribution in [3.63, 3.8) is 0 Å². The van der Waals surface area contributed by atoms with Crippen LogP contribution in [0, 0.1) is 0 Å². The van der Waals surface area contributed by atoms with Crippen LogP contribution in [0.4, 0.5) is 0 Å². The number of halogens is 1. The normalized spacial score (nSPS) is 12.6. The van der Waals surface area contributed by atoms with Gasteiger partial charge in [0, 0.05) is 15.4 Å². The predicted molar refractivity (Wildman–Crippen MR) is 173 cm³/mol.